The summed E-state index contributed by atoms with van der Waals surface area (Å²) in [6.07, 6.45) is 42.4. The highest BCUT2D eigenvalue weighted by molar-refractivity contribution is 5.77. The van der Waals surface area contributed by atoms with Gasteiger partial charge in [-0.1, -0.05) is 173 Å². The number of carbonyl (C=O) groups is 2. The lowest BCUT2D eigenvalue weighted by molar-refractivity contribution is -0.151. The summed E-state index contributed by atoms with van der Waals surface area (Å²) in [7, 11) is 0. The number of allylic oxidation sites excluding steroid dienone is 4. The van der Waals surface area contributed by atoms with Crippen molar-refractivity contribution in [2.75, 3.05) is 6.61 Å². The maximum atomic E-state index is 13.1. The van der Waals surface area contributed by atoms with Crippen LogP contribution >= 0.6 is 0 Å². The molecule has 0 aromatic heterocycles. The molecule has 0 spiro atoms. The molecule has 0 aromatic carbocycles. The fourth-order valence-corrected chi connectivity index (χ4v) is 6.61. The van der Waals surface area contributed by atoms with Gasteiger partial charge in [0.1, 0.15) is 6.10 Å². The fraction of sp³-hybridized carbons (Fsp3) is 0.867. The molecule has 6 nitrogen and oxygen atoms in total. The molecule has 0 rings (SSSR count). The van der Waals surface area contributed by atoms with Crippen LogP contribution in [0.25, 0.3) is 0 Å². The quantitative estimate of drug-likeness (QED) is 0.0334. The molecule has 0 saturated carbocycles. The van der Waals surface area contributed by atoms with Crippen molar-refractivity contribution in [3.8, 4) is 0 Å². The first-order valence-electron chi connectivity index (χ1n) is 22.1. The summed E-state index contributed by atoms with van der Waals surface area (Å²) >= 11 is 0. The Kier molecular flexibility index (Phi) is 38.3. The molecule has 0 aliphatic carbocycles. The monoisotopic (exact) mass is 720 g/mol. The summed E-state index contributed by atoms with van der Waals surface area (Å²) < 4.78 is 5.86. The number of aliphatic hydroxyl groups is 2. The second kappa shape index (κ2) is 39.5. The van der Waals surface area contributed by atoms with E-state index in [1.165, 1.54) is 109 Å². The van der Waals surface area contributed by atoms with Crippen LogP contribution in [0.4, 0.5) is 0 Å². The third-order valence-electron chi connectivity index (χ3n) is 9.98. The minimum absolute atomic E-state index is 0.0560. The van der Waals surface area contributed by atoms with E-state index in [0.29, 0.717) is 19.3 Å². The Morgan fingerprint density at radius 2 is 1.00 bits per heavy atom. The first-order chi connectivity index (χ1) is 25.0. The number of hydrogen-bond donors (Lipinski definition) is 3. The fourth-order valence-electron chi connectivity index (χ4n) is 6.61. The van der Waals surface area contributed by atoms with Crippen LogP contribution < -0.4 is 5.32 Å². The minimum Gasteiger partial charge on any atom is -0.462 e. The number of esters is 1. The molecule has 0 aliphatic heterocycles. The summed E-state index contributed by atoms with van der Waals surface area (Å²) in [5.41, 5.74) is 0. The molecule has 1 amide bonds. The van der Waals surface area contributed by atoms with E-state index in [9.17, 15) is 19.8 Å². The predicted molar refractivity (Wildman–Crippen MR) is 218 cm³/mol. The summed E-state index contributed by atoms with van der Waals surface area (Å²) in [6, 6.07) is -0.705. The average Bonchev–Trinajstić information content (AvgIpc) is 3.12. The molecular weight excluding hydrogens is 634 g/mol. The molecule has 0 radical (unpaired) electrons. The molecule has 51 heavy (non-hydrogen) atoms. The van der Waals surface area contributed by atoms with Gasteiger partial charge in [-0.05, 0) is 64.2 Å². The van der Waals surface area contributed by atoms with Gasteiger partial charge < -0.3 is 20.3 Å². The molecule has 3 unspecified atom stereocenters. The van der Waals surface area contributed by atoms with Gasteiger partial charge in [0.25, 0.3) is 0 Å². The number of hydrogen-bond acceptors (Lipinski definition) is 5. The van der Waals surface area contributed by atoms with E-state index >= 15 is 0 Å². The number of amides is 1. The molecule has 0 heterocycles. The van der Waals surface area contributed by atoms with E-state index in [0.717, 1.165) is 70.6 Å². The van der Waals surface area contributed by atoms with Gasteiger partial charge in [-0.2, -0.15) is 0 Å². The standard InChI is InChI=1S/C45H85NO5/c1-4-7-10-13-16-19-22-24-27-30-33-36-41(51-45(50)38-35-32-29-26-21-18-15-12-9-6-3)39-44(49)46-42(40-47)43(48)37-34-31-28-25-23-20-17-14-11-8-5-2/h12,15,24,27,41-43,47-48H,4-11,13-14,16-23,25-26,28-40H2,1-3H3,(H,46,49)/b15-12-,27-24-. The number of carbonyl (C=O) groups excluding carboxylic acids is 2. The highest BCUT2D eigenvalue weighted by atomic mass is 16.5. The van der Waals surface area contributed by atoms with Crippen molar-refractivity contribution in [2.24, 2.45) is 0 Å². The molecule has 0 aromatic rings. The zero-order chi connectivity index (χ0) is 37.5. The van der Waals surface area contributed by atoms with Crippen LogP contribution in [0.1, 0.15) is 226 Å². The normalized spacial score (nSPS) is 13.6. The predicted octanol–water partition coefficient (Wildman–Crippen LogP) is 12.4. The highest BCUT2D eigenvalue weighted by Crippen LogP contribution is 2.16. The third kappa shape index (κ3) is 35.2. The lowest BCUT2D eigenvalue weighted by Crippen LogP contribution is -2.46. The van der Waals surface area contributed by atoms with E-state index < -0.39 is 18.2 Å². The number of unbranched alkanes of at least 4 members (excludes halogenated alkanes) is 23. The summed E-state index contributed by atoms with van der Waals surface area (Å²) in [5, 5.41) is 23.6. The Balaban J connectivity index is 4.62. The van der Waals surface area contributed by atoms with Crippen LogP contribution in [0.5, 0.6) is 0 Å². The number of aliphatic hydroxyl groups excluding tert-OH is 2. The van der Waals surface area contributed by atoms with Crippen LogP contribution in [0.2, 0.25) is 0 Å². The number of nitrogens with one attached hydrogen (secondary N) is 1. The van der Waals surface area contributed by atoms with Gasteiger partial charge in [0.2, 0.25) is 5.91 Å². The van der Waals surface area contributed by atoms with Crippen LogP contribution in [0.15, 0.2) is 24.3 Å². The largest absolute Gasteiger partial charge is 0.462 e. The van der Waals surface area contributed by atoms with Crippen LogP contribution in [0.3, 0.4) is 0 Å². The second-order valence-corrected chi connectivity index (χ2v) is 15.1. The Morgan fingerprint density at radius 1 is 0.549 bits per heavy atom. The van der Waals surface area contributed by atoms with Gasteiger partial charge in [0.05, 0.1) is 25.2 Å². The summed E-state index contributed by atoms with van der Waals surface area (Å²) in [4.78, 5) is 25.9. The van der Waals surface area contributed by atoms with E-state index in [1.807, 2.05) is 0 Å². The first kappa shape index (κ1) is 49.3. The van der Waals surface area contributed by atoms with Gasteiger partial charge in [-0.25, -0.2) is 0 Å². The average molecular weight is 720 g/mol. The molecule has 0 bridgehead atoms. The summed E-state index contributed by atoms with van der Waals surface area (Å²) in [6.45, 7) is 6.38. The van der Waals surface area contributed by atoms with Crippen molar-refractivity contribution < 1.29 is 24.5 Å². The molecule has 3 atom stereocenters. The zero-order valence-electron chi connectivity index (χ0n) is 34.0. The Bertz CT molecular complexity index is 812. The molecule has 0 fully saturated rings. The van der Waals surface area contributed by atoms with Gasteiger partial charge >= 0.3 is 5.97 Å². The first-order valence-corrected chi connectivity index (χ1v) is 22.1. The topological polar surface area (TPSA) is 95.9 Å². The molecule has 0 aliphatic rings. The molecule has 300 valence electrons. The molecule has 3 N–H and O–H groups in total. The van der Waals surface area contributed by atoms with Crippen LogP contribution in [0, 0.1) is 0 Å². The zero-order valence-corrected chi connectivity index (χ0v) is 34.0. The van der Waals surface area contributed by atoms with Crippen molar-refractivity contribution in [3.05, 3.63) is 24.3 Å². The van der Waals surface area contributed by atoms with Crippen molar-refractivity contribution >= 4 is 11.9 Å². The Morgan fingerprint density at radius 3 is 1.51 bits per heavy atom. The summed E-state index contributed by atoms with van der Waals surface area (Å²) in [5.74, 6) is -0.513. The second-order valence-electron chi connectivity index (χ2n) is 15.1. The van der Waals surface area contributed by atoms with Gasteiger partial charge in [-0.3, -0.25) is 9.59 Å². The number of ether oxygens (including phenoxy) is 1. The smallest absolute Gasteiger partial charge is 0.306 e. The third-order valence-corrected chi connectivity index (χ3v) is 9.98. The maximum absolute atomic E-state index is 13.1. The van der Waals surface area contributed by atoms with Crippen molar-refractivity contribution in [2.45, 2.75) is 244 Å². The van der Waals surface area contributed by atoms with E-state index in [2.05, 4.69) is 50.4 Å². The van der Waals surface area contributed by atoms with Gasteiger partial charge in [0.15, 0.2) is 0 Å². The SMILES string of the molecule is CCC/C=C\CCCCCCCC(=O)OC(CCC/C=C\CCCCCCCC)CC(=O)NC(CO)C(O)CCCCCCCCCCCCC. The lowest BCUT2D eigenvalue weighted by Gasteiger charge is -2.24. The Hall–Kier alpha value is -1.66. The van der Waals surface area contributed by atoms with Gasteiger partial charge in [-0.15, -0.1) is 0 Å². The lowest BCUT2D eigenvalue weighted by atomic mass is 10.0. The Labute approximate surface area is 316 Å². The van der Waals surface area contributed by atoms with Crippen molar-refractivity contribution in [1.82, 2.24) is 5.32 Å². The van der Waals surface area contributed by atoms with Gasteiger partial charge in [0, 0.05) is 6.42 Å². The van der Waals surface area contributed by atoms with Crippen LogP contribution in [-0.2, 0) is 14.3 Å². The van der Waals surface area contributed by atoms with E-state index in [-0.39, 0.29) is 24.9 Å². The molecular formula is C45H85NO5. The maximum Gasteiger partial charge on any atom is 0.306 e. The highest BCUT2D eigenvalue weighted by Gasteiger charge is 2.24. The van der Waals surface area contributed by atoms with E-state index in [4.69, 9.17) is 4.74 Å². The number of rotatable bonds is 39. The minimum atomic E-state index is -0.789. The van der Waals surface area contributed by atoms with Crippen molar-refractivity contribution in [1.29, 1.82) is 0 Å². The van der Waals surface area contributed by atoms with Crippen LogP contribution in [-0.4, -0.2) is 46.9 Å². The molecule has 6 heteroatoms. The van der Waals surface area contributed by atoms with Crippen molar-refractivity contribution in [3.63, 3.8) is 0 Å². The molecule has 0 saturated heterocycles. The van der Waals surface area contributed by atoms with E-state index in [1.54, 1.807) is 0 Å².